The summed E-state index contributed by atoms with van der Waals surface area (Å²) < 4.78 is 0. The zero-order valence-electron chi connectivity index (χ0n) is 12.7. The van der Waals surface area contributed by atoms with E-state index in [0.29, 0.717) is 30.5 Å². The molecule has 1 aliphatic rings. The Kier molecular flexibility index (Phi) is 4.57. The predicted molar refractivity (Wildman–Crippen MR) is 78.5 cm³/mol. The number of aryl methyl sites for hydroxylation is 1. The molecule has 0 aromatic carbocycles. The SMILES string of the molecule is CCN1CCN(C(=O)c2ccc(C(=O)O)c(C)n2)CC1C. The van der Waals surface area contributed by atoms with Crippen LogP contribution < -0.4 is 0 Å². The molecule has 0 aliphatic carbocycles. The molecular weight excluding hydrogens is 270 g/mol. The van der Waals surface area contributed by atoms with Crippen molar-refractivity contribution in [3.63, 3.8) is 0 Å². The van der Waals surface area contributed by atoms with Crippen molar-refractivity contribution in [1.82, 2.24) is 14.8 Å². The maximum Gasteiger partial charge on any atom is 0.337 e. The Hall–Kier alpha value is -1.95. The summed E-state index contributed by atoms with van der Waals surface area (Å²) in [7, 11) is 0. The summed E-state index contributed by atoms with van der Waals surface area (Å²) in [6.45, 7) is 9.02. The lowest BCUT2D eigenvalue weighted by atomic mass is 10.1. The number of hydrogen-bond acceptors (Lipinski definition) is 4. The number of nitrogens with zero attached hydrogens (tertiary/aromatic N) is 3. The van der Waals surface area contributed by atoms with Gasteiger partial charge >= 0.3 is 5.97 Å². The van der Waals surface area contributed by atoms with E-state index in [1.807, 2.05) is 0 Å². The number of likely N-dealkylation sites (N-methyl/N-ethyl adjacent to an activating group) is 1. The van der Waals surface area contributed by atoms with Gasteiger partial charge in [-0.25, -0.2) is 9.78 Å². The normalized spacial score (nSPS) is 19.6. The largest absolute Gasteiger partial charge is 0.478 e. The van der Waals surface area contributed by atoms with Gasteiger partial charge < -0.3 is 10.0 Å². The number of carboxylic acid groups (broad SMARTS) is 1. The molecule has 21 heavy (non-hydrogen) atoms. The van der Waals surface area contributed by atoms with Crippen molar-refractivity contribution in [1.29, 1.82) is 0 Å². The number of pyridine rings is 1. The summed E-state index contributed by atoms with van der Waals surface area (Å²) in [6.07, 6.45) is 0. The lowest BCUT2D eigenvalue weighted by Gasteiger charge is -2.39. The molecule has 114 valence electrons. The topological polar surface area (TPSA) is 73.7 Å². The van der Waals surface area contributed by atoms with E-state index in [1.165, 1.54) is 12.1 Å². The molecule has 1 unspecified atom stereocenters. The second-order valence-electron chi connectivity index (χ2n) is 5.36. The first-order valence-electron chi connectivity index (χ1n) is 7.18. The molecule has 1 saturated heterocycles. The molecule has 1 aliphatic heterocycles. The fourth-order valence-electron chi connectivity index (χ4n) is 2.72. The molecule has 0 spiro atoms. The molecular formula is C15H21N3O3. The molecule has 1 aromatic heterocycles. The molecule has 6 nitrogen and oxygen atoms in total. The van der Waals surface area contributed by atoms with Crippen LogP contribution in [0.15, 0.2) is 12.1 Å². The number of carbonyl (C=O) groups excluding carboxylic acids is 1. The zero-order valence-corrected chi connectivity index (χ0v) is 12.7. The summed E-state index contributed by atoms with van der Waals surface area (Å²) >= 11 is 0. The standard InChI is InChI=1S/C15H21N3O3/c1-4-17-7-8-18(9-10(17)2)14(19)13-6-5-12(15(20)21)11(3)16-13/h5-6,10H,4,7-9H2,1-3H3,(H,20,21). The first-order valence-corrected chi connectivity index (χ1v) is 7.18. The van der Waals surface area contributed by atoms with Crippen LogP contribution >= 0.6 is 0 Å². The summed E-state index contributed by atoms with van der Waals surface area (Å²) in [6, 6.07) is 3.27. The minimum atomic E-state index is -1.02. The minimum absolute atomic E-state index is 0.127. The average Bonchev–Trinajstić information content (AvgIpc) is 2.45. The first kappa shape index (κ1) is 15.4. The molecule has 2 rings (SSSR count). The monoisotopic (exact) mass is 291 g/mol. The second-order valence-corrected chi connectivity index (χ2v) is 5.36. The Balaban J connectivity index is 2.14. The van der Waals surface area contributed by atoms with Crippen molar-refractivity contribution in [3.05, 3.63) is 29.1 Å². The third-order valence-corrected chi connectivity index (χ3v) is 3.99. The molecule has 2 heterocycles. The van der Waals surface area contributed by atoms with E-state index in [0.717, 1.165) is 13.1 Å². The molecule has 0 radical (unpaired) electrons. The van der Waals surface area contributed by atoms with E-state index < -0.39 is 5.97 Å². The maximum atomic E-state index is 12.5. The van der Waals surface area contributed by atoms with Gasteiger partial charge in [-0.1, -0.05) is 6.92 Å². The van der Waals surface area contributed by atoms with Gasteiger partial charge in [0.15, 0.2) is 0 Å². The highest BCUT2D eigenvalue weighted by atomic mass is 16.4. The van der Waals surface area contributed by atoms with Gasteiger partial charge in [-0.15, -0.1) is 0 Å². The molecule has 1 fully saturated rings. The Labute approximate surface area is 124 Å². The fraction of sp³-hybridized carbons (Fsp3) is 0.533. The van der Waals surface area contributed by atoms with E-state index in [4.69, 9.17) is 5.11 Å². The number of hydrogen-bond donors (Lipinski definition) is 1. The van der Waals surface area contributed by atoms with E-state index in [1.54, 1.807) is 11.8 Å². The number of carboxylic acids is 1. The number of rotatable bonds is 3. The Bertz CT molecular complexity index is 559. The molecule has 6 heteroatoms. The first-order chi connectivity index (χ1) is 9.93. The van der Waals surface area contributed by atoms with Crippen LogP contribution in [0, 0.1) is 6.92 Å². The zero-order chi connectivity index (χ0) is 15.6. The molecule has 1 atom stereocenters. The maximum absolute atomic E-state index is 12.5. The van der Waals surface area contributed by atoms with Gasteiger partial charge in [0, 0.05) is 25.7 Å². The predicted octanol–water partition coefficient (Wildman–Crippen LogP) is 1.25. The van der Waals surface area contributed by atoms with Crippen LogP contribution in [0.5, 0.6) is 0 Å². The van der Waals surface area contributed by atoms with Crippen LogP contribution in [0.3, 0.4) is 0 Å². The molecule has 0 saturated carbocycles. The van der Waals surface area contributed by atoms with Crippen molar-refractivity contribution in [2.45, 2.75) is 26.8 Å². The number of piperazine rings is 1. The Morgan fingerprint density at radius 3 is 2.62 bits per heavy atom. The third-order valence-electron chi connectivity index (χ3n) is 3.99. The van der Waals surface area contributed by atoms with Crippen molar-refractivity contribution in [2.75, 3.05) is 26.2 Å². The summed E-state index contributed by atoms with van der Waals surface area (Å²) in [5.74, 6) is -1.15. The van der Waals surface area contributed by atoms with Gasteiger partial charge in [-0.3, -0.25) is 9.69 Å². The highest BCUT2D eigenvalue weighted by Crippen LogP contribution is 2.14. The summed E-state index contributed by atoms with van der Waals surface area (Å²) in [4.78, 5) is 31.7. The molecule has 0 bridgehead atoms. The van der Waals surface area contributed by atoms with Gasteiger partial charge in [0.1, 0.15) is 5.69 Å². The third kappa shape index (κ3) is 3.21. The molecule has 1 aromatic rings. The smallest absolute Gasteiger partial charge is 0.337 e. The number of carbonyl (C=O) groups is 2. The minimum Gasteiger partial charge on any atom is -0.478 e. The van der Waals surface area contributed by atoms with Crippen molar-refractivity contribution in [3.8, 4) is 0 Å². The summed E-state index contributed by atoms with van der Waals surface area (Å²) in [5, 5.41) is 8.99. The van der Waals surface area contributed by atoms with E-state index in [9.17, 15) is 9.59 Å². The van der Waals surface area contributed by atoms with Gasteiger partial charge in [-0.05, 0) is 32.5 Å². The van der Waals surface area contributed by atoms with Crippen LogP contribution in [0.2, 0.25) is 0 Å². The number of amides is 1. The number of aromatic nitrogens is 1. The van der Waals surface area contributed by atoms with E-state index in [2.05, 4.69) is 23.7 Å². The van der Waals surface area contributed by atoms with Crippen LogP contribution in [-0.4, -0.2) is 64.0 Å². The highest BCUT2D eigenvalue weighted by Gasteiger charge is 2.27. The van der Waals surface area contributed by atoms with Gasteiger partial charge in [0.25, 0.3) is 5.91 Å². The quantitative estimate of drug-likeness (QED) is 0.907. The average molecular weight is 291 g/mol. The lowest BCUT2D eigenvalue weighted by Crippen LogP contribution is -2.53. The van der Waals surface area contributed by atoms with Crippen molar-refractivity contribution >= 4 is 11.9 Å². The lowest BCUT2D eigenvalue weighted by molar-refractivity contribution is 0.0522. The van der Waals surface area contributed by atoms with Crippen LogP contribution in [0.1, 0.15) is 40.4 Å². The van der Waals surface area contributed by atoms with Crippen molar-refractivity contribution in [2.24, 2.45) is 0 Å². The van der Waals surface area contributed by atoms with Crippen LogP contribution in [0.25, 0.3) is 0 Å². The fourth-order valence-corrected chi connectivity index (χ4v) is 2.72. The van der Waals surface area contributed by atoms with Gasteiger partial charge in [0.05, 0.1) is 11.3 Å². The van der Waals surface area contributed by atoms with Crippen LogP contribution in [-0.2, 0) is 0 Å². The second kappa shape index (κ2) is 6.22. The van der Waals surface area contributed by atoms with Gasteiger partial charge in [0.2, 0.25) is 0 Å². The van der Waals surface area contributed by atoms with Crippen molar-refractivity contribution < 1.29 is 14.7 Å². The summed E-state index contributed by atoms with van der Waals surface area (Å²) in [5.41, 5.74) is 0.818. The van der Waals surface area contributed by atoms with E-state index >= 15 is 0 Å². The Morgan fingerprint density at radius 1 is 1.38 bits per heavy atom. The van der Waals surface area contributed by atoms with Crippen LogP contribution in [0.4, 0.5) is 0 Å². The molecule has 1 amide bonds. The van der Waals surface area contributed by atoms with Gasteiger partial charge in [-0.2, -0.15) is 0 Å². The number of aromatic carboxylic acids is 1. The van der Waals surface area contributed by atoms with E-state index in [-0.39, 0.29) is 11.5 Å². The molecule has 1 N–H and O–H groups in total. The Morgan fingerprint density at radius 2 is 2.10 bits per heavy atom. The highest BCUT2D eigenvalue weighted by molar-refractivity contribution is 5.94.